The molecule has 3 N–H and O–H groups in total. The largest absolute Gasteiger partial charge is 2.00 e. The van der Waals surface area contributed by atoms with Crippen LogP contribution in [-0.2, 0) is 21.1 Å². The van der Waals surface area contributed by atoms with Crippen molar-refractivity contribution in [3.63, 3.8) is 0 Å². The summed E-state index contributed by atoms with van der Waals surface area (Å²) in [5.74, 6) is -4.53. The molecule has 16 heavy (non-hydrogen) atoms. The number of carboxylic acid groups (broad SMARTS) is 3. The first-order valence-electron chi connectivity index (χ1n) is 3.78. The Kier molecular flexibility index (Phi) is 4.85. The molecule has 6 nitrogen and oxygen atoms in total. The molecule has 1 rings (SSSR count). The number of benzene rings is 1. The molecule has 0 amide bonds. The number of aromatic carboxylic acids is 3. The second-order valence-electron chi connectivity index (χ2n) is 2.64. The molecule has 0 heterocycles. The maximum Gasteiger partial charge on any atom is 2.00 e. The summed E-state index contributed by atoms with van der Waals surface area (Å²) in [4.78, 5) is 32.0. The normalized spacial score (nSPS) is 9.00. The zero-order valence-electron chi connectivity index (χ0n) is 7.61. The van der Waals surface area contributed by atoms with E-state index in [0.717, 1.165) is 12.1 Å². The number of carbonyl (C=O) groups is 3. The van der Waals surface area contributed by atoms with Gasteiger partial charge in [0.2, 0.25) is 0 Å². The number of hydrogen-bond acceptors (Lipinski definition) is 3. The molecule has 0 aliphatic rings. The van der Waals surface area contributed by atoms with Crippen LogP contribution < -0.4 is 0 Å². The minimum atomic E-state index is -1.58. The standard InChI is InChI=1S/C9H6O6.Pt/c10-7(11)4-2-1-3-5(8(12)13)6(4)9(14)15;/h1-3H,(H,10,11)(H,12,13)(H,14,15);/q;+2. The van der Waals surface area contributed by atoms with E-state index in [0.29, 0.717) is 0 Å². The van der Waals surface area contributed by atoms with Crippen LogP contribution in [-0.4, -0.2) is 33.2 Å². The summed E-state index contributed by atoms with van der Waals surface area (Å²) in [6.45, 7) is 0. The Bertz CT molecular complexity index is 421. The van der Waals surface area contributed by atoms with Gasteiger partial charge in [0.1, 0.15) is 0 Å². The molecule has 0 bridgehead atoms. The Hall–Kier alpha value is -1.68. The van der Waals surface area contributed by atoms with Crippen LogP contribution in [0, 0.1) is 0 Å². The maximum atomic E-state index is 10.7. The molecule has 86 valence electrons. The van der Waals surface area contributed by atoms with E-state index in [1.54, 1.807) is 0 Å². The molecule has 0 unspecified atom stereocenters. The van der Waals surface area contributed by atoms with Crippen LogP contribution in [0.15, 0.2) is 18.2 Å². The first-order chi connectivity index (χ1) is 6.95. The predicted molar refractivity (Wildman–Crippen MR) is 47.3 cm³/mol. The Morgan fingerprint density at radius 3 is 1.44 bits per heavy atom. The van der Waals surface area contributed by atoms with Crippen LogP contribution in [0.25, 0.3) is 0 Å². The van der Waals surface area contributed by atoms with Gasteiger partial charge in [0.15, 0.2) is 0 Å². The van der Waals surface area contributed by atoms with E-state index in [1.807, 2.05) is 0 Å². The predicted octanol–water partition coefficient (Wildman–Crippen LogP) is 0.779. The van der Waals surface area contributed by atoms with Crippen LogP contribution in [0.5, 0.6) is 0 Å². The van der Waals surface area contributed by atoms with Gasteiger partial charge in [-0.2, -0.15) is 0 Å². The first kappa shape index (κ1) is 14.3. The van der Waals surface area contributed by atoms with Crippen molar-refractivity contribution in [2.45, 2.75) is 0 Å². The number of hydrogen-bond donors (Lipinski definition) is 3. The SMILES string of the molecule is O=C(O)c1cccc(C(=O)O)c1C(=O)O.[Pt+2]. The minimum Gasteiger partial charge on any atom is -0.478 e. The van der Waals surface area contributed by atoms with Crippen molar-refractivity contribution < 1.29 is 50.8 Å². The van der Waals surface area contributed by atoms with Crippen LogP contribution >= 0.6 is 0 Å². The van der Waals surface area contributed by atoms with Crippen molar-refractivity contribution in [1.29, 1.82) is 0 Å². The Morgan fingerprint density at radius 1 is 0.812 bits per heavy atom. The van der Waals surface area contributed by atoms with Crippen molar-refractivity contribution in [1.82, 2.24) is 0 Å². The Balaban J connectivity index is 0.00000225. The molecular weight excluding hydrogens is 399 g/mol. The Labute approximate surface area is 104 Å². The molecule has 0 atom stereocenters. The van der Waals surface area contributed by atoms with Crippen LogP contribution in [0.3, 0.4) is 0 Å². The van der Waals surface area contributed by atoms with E-state index in [4.69, 9.17) is 15.3 Å². The maximum absolute atomic E-state index is 10.7. The molecule has 0 aromatic heterocycles. The molecule has 0 aliphatic carbocycles. The van der Waals surface area contributed by atoms with Gasteiger partial charge in [-0.3, -0.25) is 0 Å². The molecule has 0 fully saturated rings. The van der Waals surface area contributed by atoms with E-state index >= 15 is 0 Å². The average Bonchev–Trinajstić information content (AvgIpc) is 2.16. The summed E-state index contributed by atoms with van der Waals surface area (Å²) < 4.78 is 0. The van der Waals surface area contributed by atoms with Crippen molar-refractivity contribution in [3.05, 3.63) is 34.9 Å². The minimum absolute atomic E-state index is 0. The monoisotopic (exact) mass is 405 g/mol. The molecule has 1 aromatic rings. The molecule has 0 radical (unpaired) electrons. The smallest absolute Gasteiger partial charge is 0.478 e. The summed E-state index contributed by atoms with van der Waals surface area (Å²) in [5, 5.41) is 26.0. The Morgan fingerprint density at radius 2 is 1.19 bits per heavy atom. The molecule has 0 saturated carbocycles. The second kappa shape index (κ2) is 5.42. The van der Waals surface area contributed by atoms with Crippen LogP contribution in [0.1, 0.15) is 31.1 Å². The third-order valence-corrected chi connectivity index (χ3v) is 1.74. The average molecular weight is 405 g/mol. The summed E-state index contributed by atoms with van der Waals surface area (Å²) >= 11 is 0. The zero-order chi connectivity index (χ0) is 11.6. The van der Waals surface area contributed by atoms with Gasteiger partial charge in [0.05, 0.1) is 16.7 Å². The first-order valence-corrected chi connectivity index (χ1v) is 3.78. The second-order valence-corrected chi connectivity index (χ2v) is 2.64. The topological polar surface area (TPSA) is 112 Å². The van der Waals surface area contributed by atoms with Gasteiger partial charge in [-0.25, -0.2) is 14.4 Å². The van der Waals surface area contributed by atoms with E-state index < -0.39 is 34.6 Å². The number of carboxylic acids is 3. The van der Waals surface area contributed by atoms with Crippen molar-refractivity contribution in [3.8, 4) is 0 Å². The van der Waals surface area contributed by atoms with Gasteiger partial charge in [-0.1, -0.05) is 6.07 Å². The van der Waals surface area contributed by atoms with Gasteiger partial charge in [0.25, 0.3) is 0 Å². The van der Waals surface area contributed by atoms with Crippen molar-refractivity contribution in [2.75, 3.05) is 0 Å². The fourth-order valence-electron chi connectivity index (χ4n) is 1.14. The third-order valence-electron chi connectivity index (χ3n) is 1.74. The van der Waals surface area contributed by atoms with Gasteiger partial charge in [0, 0.05) is 0 Å². The molecule has 0 spiro atoms. The van der Waals surface area contributed by atoms with E-state index in [-0.39, 0.29) is 21.1 Å². The third kappa shape index (κ3) is 2.67. The van der Waals surface area contributed by atoms with E-state index in [1.165, 1.54) is 6.07 Å². The van der Waals surface area contributed by atoms with E-state index in [9.17, 15) is 14.4 Å². The summed E-state index contributed by atoms with van der Waals surface area (Å²) in [5.41, 5.74) is -1.79. The van der Waals surface area contributed by atoms with Gasteiger partial charge >= 0.3 is 39.0 Å². The van der Waals surface area contributed by atoms with Crippen LogP contribution in [0.2, 0.25) is 0 Å². The quantitative estimate of drug-likeness (QED) is 0.686. The zero-order valence-corrected chi connectivity index (χ0v) is 9.89. The van der Waals surface area contributed by atoms with Gasteiger partial charge in [-0.05, 0) is 12.1 Å². The molecule has 0 aliphatic heterocycles. The van der Waals surface area contributed by atoms with Crippen LogP contribution in [0.4, 0.5) is 0 Å². The van der Waals surface area contributed by atoms with Crippen molar-refractivity contribution in [2.24, 2.45) is 0 Å². The molecule has 7 heteroatoms. The molecular formula is C9H6O6Pt+2. The van der Waals surface area contributed by atoms with E-state index in [2.05, 4.69) is 0 Å². The molecule has 1 aromatic carbocycles. The fraction of sp³-hybridized carbons (Fsp3) is 0. The van der Waals surface area contributed by atoms with Crippen molar-refractivity contribution >= 4 is 17.9 Å². The molecule has 0 saturated heterocycles. The fourth-order valence-corrected chi connectivity index (χ4v) is 1.14. The number of rotatable bonds is 3. The summed E-state index contributed by atoms with van der Waals surface area (Å²) in [6.07, 6.45) is 0. The van der Waals surface area contributed by atoms with Gasteiger partial charge in [-0.15, -0.1) is 0 Å². The van der Waals surface area contributed by atoms with Gasteiger partial charge < -0.3 is 15.3 Å². The summed E-state index contributed by atoms with van der Waals surface area (Å²) in [6, 6.07) is 3.26. The summed E-state index contributed by atoms with van der Waals surface area (Å²) in [7, 11) is 0.